The lowest BCUT2D eigenvalue weighted by molar-refractivity contribution is -0.354. The Labute approximate surface area is 121 Å². The van der Waals surface area contributed by atoms with Gasteiger partial charge in [-0.05, 0) is 24.3 Å². The highest BCUT2D eigenvalue weighted by atomic mass is 16.5. The number of carbonyl (C=O) groups excluding carboxylic acids is 1. The highest BCUT2D eigenvalue weighted by Crippen LogP contribution is 2.29. The number of nitrogens with zero attached hydrogens (tertiary/aromatic N) is 1. The first-order valence-electron chi connectivity index (χ1n) is 6.35. The predicted octanol–water partition coefficient (Wildman–Crippen LogP) is 2.53. The molecule has 0 saturated carbocycles. The van der Waals surface area contributed by atoms with Crippen molar-refractivity contribution in [3.63, 3.8) is 0 Å². The highest BCUT2D eigenvalue weighted by Gasteiger charge is 2.34. The van der Waals surface area contributed by atoms with Crippen molar-refractivity contribution in [2.24, 2.45) is 0 Å². The lowest BCUT2D eigenvalue weighted by Crippen LogP contribution is -2.12. The third kappa shape index (κ3) is 2.26. The topological polar surface area (TPSA) is 52.4 Å². The van der Waals surface area contributed by atoms with Gasteiger partial charge in [-0.1, -0.05) is 24.1 Å². The fourth-order valence-electron chi connectivity index (χ4n) is 2.10. The van der Waals surface area contributed by atoms with Crippen molar-refractivity contribution in [1.82, 2.24) is 0 Å². The first-order chi connectivity index (χ1) is 10.2. The van der Waals surface area contributed by atoms with Crippen LogP contribution < -0.4 is 4.74 Å². The maximum Gasteiger partial charge on any atom is 0.317 e. The lowest BCUT2D eigenvalue weighted by Gasteiger charge is -2.01. The summed E-state index contributed by atoms with van der Waals surface area (Å²) in [5, 5.41) is 12.1. The van der Waals surface area contributed by atoms with Crippen molar-refractivity contribution in [2.45, 2.75) is 0 Å². The lowest BCUT2D eigenvalue weighted by atomic mass is 10.1. The number of hydrogen-bond acceptors (Lipinski definition) is 3. The largest absolute Gasteiger partial charge is 0.617 e. The van der Waals surface area contributed by atoms with Crippen LogP contribution in [0.25, 0.3) is 0 Å². The molecule has 1 heterocycles. The van der Waals surface area contributed by atoms with Gasteiger partial charge in [0.15, 0.2) is 0 Å². The molecule has 102 valence electrons. The van der Waals surface area contributed by atoms with E-state index in [1.54, 1.807) is 18.2 Å². The van der Waals surface area contributed by atoms with E-state index in [0.717, 1.165) is 5.56 Å². The summed E-state index contributed by atoms with van der Waals surface area (Å²) in [6, 6.07) is 14.0. The van der Waals surface area contributed by atoms with E-state index in [-0.39, 0.29) is 11.5 Å². The minimum atomic E-state index is -0.373. The Balaban J connectivity index is 2.01. The minimum absolute atomic E-state index is 0.0675. The molecule has 0 fully saturated rings. The molecule has 2 aromatic rings. The van der Waals surface area contributed by atoms with Crippen molar-refractivity contribution in [2.75, 3.05) is 7.11 Å². The van der Waals surface area contributed by atoms with E-state index in [0.29, 0.717) is 21.7 Å². The molecular weight excluding hydrogens is 266 g/mol. The van der Waals surface area contributed by atoms with Gasteiger partial charge < -0.3 is 9.94 Å². The number of methoxy groups -OCH3 is 1. The molecule has 0 saturated heterocycles. The van der Waals surface area contributed by atoms with Gasteiger partial charge in [0.2, 0.25) is 5.69 Å². The third-order valence-corrected chi connectivity index (χ3v) is 3.18. The van der Waals surface area contributed by atoms with Gasteiger partial charge in [-0.25, -0.2) is 0 Å². The number of carbonyl (C=O) groups is 1. The van der Waals surface area contributed by atoms with E-state index in [4.69, 9.17) is 4.74 Å². The van der Waals surface area contributed by atoms with Crippen LogP contribution in [0.5, 0.6) is 5.75 Å². The van der Waals surface area contributed by atoms with Gasteiger partial charge >= 0.3 is 5.71 Å². The van der Waals surface area contributed by atoms with Crippen LogP contribution in [0.2, 0.25) is 0 Å². The molecule has 0 amide bonds. The van der Waals surface area contributed by atoms with Crippen LogP contribution in [0.15, 0.2) is 48.5 Å². The average molecular weight is 277 g/mol. The molecule has 0 bridgehead atoms. The Morgan fingerprint density at radius 1 is 1.10 bits per heavy atom. The quantitative estimate of drug-likeness (QED) is 0.457. The molecular formula is C17H11NO3. The monoisotopic (exact) mass is 277 g/mol. The van der Waals surface area contributed by atoms with Crippen LogP contribution in [0.4, 0.5) is 5.69 Å². The second-order valence-corrected chi connectivity index (χ2v) is 4.47. The molecule has 1 aliphatic rings. The summed E-state index contributed by atoms with van der Waals surface area (Å²) < 4.78 is 5.65. The first kappa shape index (κ1) is 12.9. The zero-order chi connectivity index (χ0) is 14.8. The maximum absolute atomic E-state index is 12.3. The zero-order valence-corrected chi connectivity index (χ0v) is 11.3. The van der Waals surface area contributed by atoms with Crippen LogP contribution in [0.1, 0.15) is 15.9 Å². The standard InChI is InChI=1S/C17H11NO3/c1-21-13-8-10-15-14(11-13)17(19)16(18(15)20)9-7-12-5-3-2-4-6-12/h2-6,8,10-11H,1H3. The summed E-state index contributed by atoms with van der Waals surface area (Å²) in [6.07, 6.45) is 0. The van der Waals surface area contributed by atoms with Gasteiger partial charge in [0.05, 0.1) is 7.11 Å². The Morgan fingerprint density at radius 2 is 1.86 bits per heavy atom. The van der Waals surface area contributed by atoms with Crippen molar-refractivity contribution >= 4 is 17.2 Å². The van der Waals surface area contributed by atoms with Crippen LogP contribution in [-0.4, -0.2) is 23.3 Å². The molecule has 2 aromatic carbocycles. The third-order valence-electron chi connectivity index (χ3n) is 3.18. The number of hydrogen-bond donors (Lipinski definition) is 0. The number of rotatable bonds is 1. The van der Waals surface area contributed by atoms with Crippen molar-refractivity contribution in [1.29, 1.82) is 0 Å². The second-order valence-electron chi connectivity index (χ2n) is 4.47. The Morgan fingerprint density at radius 3 is 2.57 bits per heavy atom. The first-order valence-corrected chi connectivity index (χ1v) is 6.35. The fourth-order valence-corrected chi connectivity index (χ4v) is 2.10. The van der Waals surface area contributed by atoms with Crippen LogP contribution in [0.3, 0.4) is 0 Å². The van der Waals surface area contributed by atoms with Gasteiger partial charge in [-0.15, -0.1) is 0 Å². The number of ether oxygens (including phenoxy) is 1. The second kappa shape index (κ2) is 5.14. The van der Waals surface area contributed by atoms with E-state index in [1.807, 2.05) is 30.3 Å². The van der Waals surface area contributed by atoms with E-state index >= 15 is 0 Å². The number of fused-ring (bicyclic) bond motifs is 1. The van der Waals surface area contributed by atoms with E-state index in [9.17, 15) is 10.0 Å². The molecule has 0 radical (unpaired) electrons. The smallest absolute Gasteiger partial charge is 0.317 e. The van der Waals surface area contributed by atoms with Gasteiger partial charge in [0, 0.05) is 17.6 Å². The summed E-state index contributed by atoms with van der Waals surface area (Å²) in [5.74, 6) is 5.66. The van der Waals surface area contributed by atoms with Crippen molar-refractivity contribution < 1.29 is 14.3 Å². The Bertz CT molecular complexity index is 811. The Hall–Kier alpha value is -3.06. The summed E-state index contributed by atoms with van der Waals surface area (Å²) >= 11 is 0. The zero-order valence-electron chi connectivity index (χ0n) is 11.3. The van der Waals surface area contributed by atoms with Crippen LogP contribution >= 0.6 is 0 Å². The van der Waals surface area contributed by atoms with E-state index < -0.39 is 0 Å². The minimum Gasteiger partial charge on any atom is -0.617 e. The van der Waals surface area contributed by atoms with Crippen LogP contribution in [-0.2, 0) is 0 Å². The van der Waals surface area contributed by atoms with E-state index in [1.165, 1.54) is 7.11 Å². The molecule has 4 heteroatoms. The highest BCUT2D eigenvalue weighted by molar-refractivity contribution is 6.52. The molecule has 0 unspecified atom stereocenters. The maximum atomic E-state index is 12.3. The summed E-state index contributed by atoms with van der Waals surface area (Å²) in [5.41, 5.74) is 1.31. The normalized spacial score (nSPS) is 12.7. The van der Waals surface area contributed by atoms with Crippen LogP contribution in [0, 0.1) is 17.0 Å². The van der Waals surface area contributed by atoms with Gasteiger partial charge in [0.25, 0.3) is 5.78 Å². The summed E-state index contributed by atoms with van der Waals surface area (Å²) in [7, 11) is 1.51. The molecule has 0 atom stereocenters. The van der Waals surface area contributed by atoms with Gasteiger partial charge in [0.1, 0.15) is 11.3 Å². The van der Waals surface area contributed by atoms with Crippen molar-refractivity contribution in [3.8, 4) is 17.6 Å². The van der Waals surface area contributed by atoms with E-state index in [2.05, 4.69) is 11.8 Å². The molecule has 0 aliphatic carbocycles. The molecule has 4 nitrogen and oxygen atoms in total. The fraction of sp³-hybridized carbons (Fsp3) is 0.0588. The molecule has 1 aliphatic heterocycles. The predicted molar refractivity (Wildman–Crippen MR) is 78.9 cm³/mol. The number of ketones is 1. The summed E-state index contributed by atoms with van der Waals surface area (Å²) in [6.45, 7) is 0. The molecule has 0 N–H and O–H groups in total. The average Bonchev–Trinajstić information content (AvgIpc) is 2.77. The molecule has 21 heavy (non-hydrogen) atoms. The SMILES string of the molecule is COc1ccc2c(c1)C(=O)C(C#Cc1ccccc1)=[N+]2[O-]. The number of Topliss-reactive ketones (excluding diaryl/α,β-unsaturated/α-hetero) is 1. The molecule has 3 rings (SSSR count). The van der Waals surface area contributed by atoms with Gasteiger partial charge in [-0.2, -0.15) is 4.74 Å². The van der Waals surface area contributed by atoms with Crippen molar-refractivity contribution in [3.05, 3.63) is 64.9 Å². The van der Waals surface area contributed by atoms with Gasteiger partial charge in [-0.3, -0.25) is 4.79 Å². The molecule has 0 aromatic heterocycles. The molecule has 0 spiro atoms. The Kier molecular flexibility index (Phi) is 3.17. The summed E-state index contributed by atoms with van der Waals surface area (Å²) in [4.78, 5) is 12.3. The number of benzene rings is 2.